The van der Waals surface area contributed by atoms with Crippen molar-refractivity contribution in [3.63, 3.8) is 0 Å². The highest BCUT2D eigenvalue weighted by molar-refractivity contribution is 5.74. The second kappa shape index (κ2) is 3.92. The second-order valence-corrected chi connectivity index (χ2v) is 4.50. The minimum atomic E-state index is 0.863. The van der Waals surface area contributed by atoms with Crippen molar-refractivity contribution in [2.24, 2.45) is 0 Å². The van der Waals surface area contributed by atoms with Gasteiger partial charge in [0.05, 0.1) is 0 Å². The molecule has 0 unspecified atom stereocenters. The van der Waals surface area contributed by atoms with E-state index in [1.807, 2.05) is 30.5 Å². The Morgan fingerprint density at radius 1 is 0.842 bits per heavy atom. The van der Waals surface area contributed by atoms with E-state index in [1.165, 1.54) is 5.56 Å². The van der Waals surface area contributed by atoms with Gasteiger partial charge in [0.15, 0.2) is 0 Å². The molecule has 19 heavy (non-hydrogen) atoms. The first kappa shape index (κ1) is 10.3. The summed E-state index contributed by atoms with van der Waals surface area (Å²) in [4.78, 5) is 7.75. The van der Waals surface area contributed by atoms with Gasteiger partial charge in [0, 0.05) is 11.6 Å². The Labute approximate surface area is 110 Å². The minimum absolute atomic E-state index is 0.863. The highest BCUT2D eigenvalue weighted by Gasteiger charge is 2.15. The fourth-order valence-electron chi connectivity index (χ4n) is 2.49. The van der Waals surface area contributed by atoms with Crippen LogP contribution in [0, 0.1) is 0 Å². The minimum Gasteiger partial charge on any atom is -0.238 e. The summed E-state index contributed by atoms with van der Waals surface area (Å²) in [7, 11) is 0. The lowest BCUT2D eigenvalue weighted by atomic mass is 10.1. The van der Waals surface area contributed by atoms with Crippen molar-refractivity contribution in [1.82, 2.24) is 9.97 Å². The van der Waals surface area contributed by atoms with Crippen molar-refractivity contribution >= 4 is 16.8 Å². The van der Waals surface area contributed by atoms with Gasteiger partial charge in [-0.1, -0.05) is 47.4 Å². The molecular formula is C16H12N3+. The van der Waals surface area contributed by atoms with Gasteiger partial charge in [0.1, 0.15) is 22.9 Å². The van der Waals surface area contributed by atoms with Crippen LogP contribution in [0.3, 0.4) is 0 Å². The summed E-state index contributed by atoms with van der Waals surface area (Å²) in [6.45, 7) is 0. The molecule has 2 aromatic heterocycles. The molecule has 2 aromatic carbocycles. The SMILES string of the molecule is c1ccc(-c2ccnc3[nH]c4ccccc4[n+]23)cc1. The summed E-state index contributed by atoms with van der Waals surface area (Å²) in [5.41, 5.74) is 4.57. The van der Waals surface area contributed by atoms with E-state index < -0.39 is 0 Å². The molecule has 0 saturated heterocycles. The standard InChI is InChI=1S/C16H11N3/c1-2-6-12(7-3-1)14-10-11-17-16-18-13-8-4-5-9-15(13)19(14)16/h1-11H/p+1. The van der Waals surface area contributed by atoms with Crippen LogP contribution in [0.2, 0.25) is 0 Å². The fraction of sp³-hybridized carbons (Fsp3) is 0. The molecule has 4 rings (SSSR count). The number of benzene rings is 2. The molecule has 0 spiro atoms. The lowest BCUT2D eigenvalue weighted by Crippen LogP contribution is -2.24. The predicted octanol–water partition coefficient (Wildman–Crippen LogP) is 2.97. The van der Waals surface area contributed by atoms with E-state index in [1.54, 1.807) is 0 Å². The van der Waals surface area contributed by atoms with Crippen LogP contribution < -0.4 is 4.40 Å². The van der Waals surface area contributed by atoms with Gasteiger partial charge in [-0.25, -0.2) is 4.98 Å². The number of para-hydroxylation sites is 2. The summed E-state index contributed by atoms with van der Waals surface area (Å²) in [6.07, 6.45) is 1.84. The summed E-state index contributed by atoms with van der Waals surface area (Å²) in [5.74, 6) is 0.863. The normalized spacial score (nSPS) is 11.2. The van der Waals surface area contributed by atoms with Gasteiger partial charge in [0.25, 0.3) is 0 Å². The van der Waals surface area contributed by atoms with Crippen LogP contribution in [-0.4, -0.2) is 9.97 Å². The summed E-state index contributed by atoms with van der Waals surface area (Å²) < 4.78 is 2.16. The zero-order valence-corrected chi connectivity index (χ0v) is 10.2. The summed E-state index contributed by atoms with van der Waals surface area (Å²) in [6, 6.07) is 20.7. The van der Waals surface area contributed by atoms with Crippen molar-refractivity contribution in [3.05, 3.63) is 66.9 Å². The maximum atomic E-state index is 4.41. The Hall–Kier alpha value is -2.68. The van der Waals surface area contributed by atoms with Gasteiger partial charge in [-0.3, -0.25) is 0 Å². The zero-order chi connectivity index (χ0) is 12.7. The molecule has 0 fully saturated rings. The van der Waals surface area contributed by atoms with Crippen molar-refractivity contribution in [1.29, 1.82) is 0 Å². The maximum Gasteiger partial charge on any atom is 0.402 e. The first-order chi connectivity index (χ1) is 9.43. The first-order valence-corrected chi connectivity index (χ1v) is 6.26. The van der Waals surface area contributed by atoms with Gasteiger partial charge in [-0.2, -0.15) is 4.40 Å². The van der Waals surface area contributed by atoms with E-state index in [9.17, 15) is 0 Å². The Morgan fingerprint density at radius 2 is 1.63 bits per heavy atom. The lowest BCUT2D eigenvalue weighted by Gasteiger charge is -2.00. The molecule has 3 nitrogen and oxygen atoms in total. The molecule has 0 bridgehead atoms. The maximum absolute atomic E-state index is 4.41. The molecule has 1 N–H and O–H groups in total. The summed E-state index contributed by atoms with van der Waals surface area (Å²) >= 11 is 0. The molecule has 0 atom stereocenters. The molecule has 90 valence electrons. The van der Waals surface area contributed by atoms with E-state index in [0.717, 1.165) is 22.5 Å². The smallest absolute Gasteiger partial charge is 0.238 e. The molecule has 3 heteroatoms. The molecule has 0 radical (unpaired) electrons. The molecule has 0 amide bonds. The van der Waals surface area contributed by atoms with Crippen molar-refractivity contribution in [2.45, 2.75) is 0 Å². The quantitative estimate of drug-likeness (QED) is 0.515. The average molecular weight is 246 g/mol. The average Bonchev–Trinajstić information content (AvgIpc) is 2.86. The van der Waals surface area contributed by atoms with Crippen LogP contribution in [0.5, 0.6) is 0 Å². The Kier molecular flexibility index (Phi) is 2.12. The number of fused-ring (bicyclic) bond motifs is 3. The predicted molar refractivity (Wildman–Crippen MR) is 74.7 cm³/mol. The number of aromatic amines is 1. The van der Waals surface area contributed by atoms with Gasteiger partial charge < -0.3 is 0 Å². The fourth-order valence-corrected chi connectivity index (χ4v) is 2.49. The van der Waals surface area contributed by atoms with E-state index in [-0.39, 0.29) is 0 Å². The largest absolute Gasteiger partial charge is 0.402 e. The lowest BCUT2D eigenvalue weighted by molar-refractivity contribution is -0.471. The second-order valence-electron chi connectivity index (χ2n) is 4.50. The van der Waals surface area contributed by atoms with E-state index in [4.69, 9.17) is 0 Å². The molecular weight excluding hydrogens is 234 g/mol. The number of nitrogens with zero attached hydrogens (tertiary/aromatic N) is 2. The monoisotopic (exact) mass is 246 g/mol. The third-order valence-electron chi connectivity index (χ3n) is 3.34. The highest BCUT2D eigenvalue weighted by atomic mass is 15.1. The Balaban J connectivity index is 2.17. The van der Waals surface area contributed by atoms with E-state index in [0.29, 0.717) is 0 Å². The number of hydrogen-bond acceptors (Lipinski definition) is 1. The van der Waals surface area contributed by atoms with Gasteiger partial charge in [0.2, 0.25) is 0 Å². The summed E-state index contributed by atoms with van der Waals surface area (Å²) in [5, 5.41) is 0. The molecule has 0 aliphatic heterocycles. The van der Waals surface area contributed by atoms with Crippen LogP contribution in [0.15, 0.2) is 66.9 Å². The van der Waals surface area contributed by atoms with Gasteiger partial charge in [-0.05, 0) is 12.1 Å². The number of imidazole rings is 1. The third kappa shape index (κ3) is 1.52. The Bertz CT molecular complexity index is 863. The number of aromatic nitrogens is 3. The zero-order valence-electron chi connectivity index (χ0n) is 10.2. The van der Waals surface area contributed by atoms with Gasteiger partial charge in [-0.15, -0.1) is 0 Å². The first-order valence-electron chi connectivity index (χ1n) is 6.26. The van der Waals surface area contributed by atoms with E-state index in [2.05, 4.69) is 50.8 Å². The molecule has 2 heterocycles. The van der Waals surface area contributed by atoms with Crippen LogP contribution in [-0.2, 0) is 0 Å². The van der Waals surface area contributed by atoms with Crippen molar-refractivity contribution < 1.29 is 4.40 Å². The van der Waals surface area contributed by atoms with Crippen LogP contribution >= 0.6 is 0 Å². The number of H-pyrrole nitrogens is 1. The number of nitrogens with one attached hydrogen (secondary N) is 1. The molecule has 0 saturated carbocycles. The van der Waals surface area contributed by atoms with Crippen LogP contribution in [0.4, 0.5) is 0 Å². The van der Waals surface area contributed by atoms with Crippen molar-refractivity contribution in [3.8, 4) is 11.3 Å². The highest BCUT2D eigenvalue weighted by Crippen LogP contribution is 2.17. The van der Waals surface area contributed by atoms with Crippen LogP contribution in [0.1, 0.15) is 0 Å². The number of rotatable bonds is 1. The van der Waals surface area contributed by atoms with Gasteiger partial charge >= 0.3 is 5.78 Å². The van der Waals surface area contributed by atoms with Crippen molar-refractivity contribution in [2.75, 3.05) is 0 Å². The van der Waals surface area contributed by atoms with E-state index >= 15 is 0 Å². The molecule has 0 aliphatic rings. The number of hydrogen-bond donors (Lipinski definition) is 1. The van der Waals surface area contributed by atoms with Crippen LogP contribution in [0.25, 0.3) is 28.1 Å². The third-order valence-corrected chi connectivity index (χ3v) is 3.34. The molecule has 4 aromatic rings. The Morgan fingerprint density at radius 3 is 2.53 bits per heavy atom. The molecule has 0 aliphatic carbocycles. The topological polar surface area (TPSA) is 32.8 Å².